The fraction of sp³-hybridized carbons (Fsp3) is 0.421. The molecule has 132 valence electrons. The van der Waals surface area contributed by atoms with Crippen LogP contribution in [0.4, 0.5) is 11.5 Å². The van der Waals surface area contributed by atoms with Gasteiger partial charge in [0, 0.05) is 24.7 Å². The van der Waals surface area contributed by atoms with E-state index in [0.29, 0.717) is 5.82 Å². The standard InChI is InChI=1S/C19H24N4O2/c1-13-7-6-10-15(11-13)20-19(25)16-12-17(23(2)22-16)21-18(24)14-8-4-3-5-9-14/h6-7,10-12,14H,3-5,8-9H2,1-2H3,(H,20,25)(H,21,24). The van der Waals surface area contributed by atoms with E-state index in [1.807, 2.05) is 31.2 Å². The highest BCUT2D eigenvalue weighted by atomic mass is 16.2. The van der Waals surface area contributed by atoms with Gasteiger partial charge in [0.1, 0.15) is 5.82 Å². The van der Waals surface area contributed by atoms with Crippen LogP contribution in [0, 0.1) is 12.8 Å². The van der Waals surface area contributed by atoms with E-state index in [9.17, 15) is 9.59 Å². The largest absolute Gasteiger partial charge is 0.321 e. The van der Waals surface area contributed by atoms with Gasteiger partial charge in [-0.2, -0.15) is 5.10 Å². The summed E-state index contributed by atoms with van der Waals surface area (Å²) in [6, 6.07) is 9.20. The molecule has 2 amide bonds. The van der Waals surface area contributed by atoms with Gasteiger partial charge in [-0.15, -0.1) is 0 Å². The average Bonchev–Trinajstić information content (AvgIpc) is 2.96. The molecule has 6 nitrogen and oxygen atoms in total. The molecule has 3 rings (SSSR count). The van der Waals surface area contributed by atoms with Crippen molar-refractivity contribution >= 4 is 23.3 Å². The highest BCUT2D eigenvalue weighted by molar-refractivity contribution is 6.04. The summed E-state index contributed by atoms with van der Waals surface area (Å²) >= 11 is 0. The summed E-state index contributed by atoms with van der Waals surface area (Å²) in [6.07, 6.45) is 5.29. The average molecular weight is 340 g/mol. The van der Waals surface area contributed by atoms with E-state index in [1.165, 1.54) is 11.1 Å². The Labute approximate surface area is 147 Å². The van der Waals surface area contributed by atoms with Gasteiger partial charge in [0.05, 0.1) is 0 Å². The summed E-state index contributed by atoms with van der Waals surface area (Å²) < 4.78 is 1.53. The normalized spacial score (nSPS) is 15.0. The predicted molar refractivity (Wildman–Crippen MR) is 97.5 cm³/mol. The smallest absolute Gasteiger partial charge is 0.276 e. The third-order valence-corrected chi connectivity index (χ3v) is 4.62. The van der Waals surface area contributed by atoms with Crippen LogP contribution in [0.1, 0.15) is 48.2 Å². The number of nitrogens with one attached hydrogen (secondary N) is 2. The first-order valence-electron chi connectivity index (χ1n) is 8.76. The minimum absolute atomic E-state index is 0.0216. The Morgan fingerprint density at radius 1 is 1.12 bits per heavy atom. The van der Waals surface area contributed by atoms with E-state index in [2.05, 4.69) is 15.7 Å². The fourth-order valence-electron chi connectivity index (χ4n) is 3.21. The van der Waals surface area contributed by atoms with Crippen molar-refractivity contribution in [3.63, 3.8) is 0 Å². The van der Waals surface area contributed by atoms with Crippen molar-refractivity contribution in [3.05, 3.63) is 41.6 Å². The molecule has 1 heterocycles. The van der Waals surface area contributed by atoms with Crippen LogP contribution < -0.4 is 10.6 Å². The predicted octanol–water partition coefficient (Wildman–Crippen LogP) is 3.50. The number of hydrogen-bond acceptors (Lipinski definition) is 3. The Morgan fingerprint density at radius 2 is 1.88 bits per heavy atom. The van der Waals surface area contributed by atoms with Crippen molar-refractivity contribution in [1.29, 1.82) is 0 Å². The summed E-state index contributed by atoms with van der Waals surface area (Å²) in [5.74, 6) is 0.339. The minimum atomic E-state index is -0.292. The summed E-state index contributed by atoms with van der Waals surface area (Å²) in [4.78, 5) is 24.8. The van der Waals surface area contributed by atoms with Gasteiger partial charge < -0.3 is 10.6 Å². The second-order valence-corrected chi connectivity index (χ2v) is 6.69. The lowest BCUT2D eigenvalue weighted by molar-refractivity contribution is -0.120. The molecule has 1 fully saturated rings. The molecule has 6 heteroatoms. The second-order valence-electron chi connectivity index (χ2n) is 6.69. The molecule has 0 aliphatic heterocycles. The molecular weight excluding hydrogens is 316 g/mol. The summed E-state index contributed by atoms with van der Waals surface area (Å²) in [5.41, 5.74) is 2.07. The zero-order chi connectivity index (χ0) is 17.8. The van der Waals surface area contributed by atoms with Crippen LogP contribution in [0.5, 0.6) is 0 Å². The molecule has 0 bridgehead atoms. The molecule has 1 saturated carbocycles. The molecule has 0 radical (unpaired) electrons. The minimum Gasteiger partial charge on any atom is -0.321 e. The Morgan fingerprint density at radius 3 is 2.60 bits per heavy atom. The van der Waals surface area contributed by atoms with Crippen LogP contribution in [0.3, 0.4) is 0 Å². The first-order chi connectivity index (χ1) is 12.0. The van der Waals surface area contributed by atoms with E-state index in [4.69, 9.17) is 0 Å². The van der Waals surface area contributed by atoms with Crippen LogP contribution in [0.2, 0.25) is 0 Å². The maximum atomic E-state index is 12.4. The Hall–Kier alpha value is -2.63. The van der Waals surface area contributed by atoms with Gasteiger partial charge >= 0.3 is 0 Å². The maximum Gasteiger partial charge on any atom is 0.276 e. The lowest BCUT2D eigenvalue weighted by Crippen LogP contribution is -2.25. The van der Waals surface area contributed by atoms with E-state index in [0.717, 1.165) is 36.9 Å². The zero-order valence-electron chi connectivity index (χ0n) is 14.7. The van der Waals surface area contributed by atoms with Gasteiger partial charge in [0.15, 0.2) is 5.69 Å². The molecule has 1 aliphatic carbocycles. The molecule has 0 atom stereocenters. The molecule has 0 unspecified atom stereocenters. The lowest BCUT2D eigenvalue weighted by atomic mass is 9.89. The van der Waals surface area contributed by atoms with Crippen LogP contribution in [0.15, 0.2) is 30.3 Å². The van der Waals surface area contributed by atoms with E-state index in [1.54, 1.807) is 13.1 Å². The van der Waals surface area contributed by atoms with Gasteiger partial charge in [0.2, 0.25) is 5.91 Å². The van der Waals surface area contributed by atoms with E-state index >= 15 is 0 Å². The number of carbonyl (C=O) groups excluding carboxylic acids is 2. The third kappa shape index (κ3) is 4.26. The molecule has 0 spiro atoms. The number of aromatic nitrogens is 2. The highest BCUT2D eigenvalue weighted by Gasteiger charge is 2.22. The van der Waals surface area contributed by atoms with E-state index in [-0.39, 0.29) is 23.4 Å². The molecule has 25 heavy (non-hydrogen) atoms. The Bertz CT molecular complexity index is 775. The number of nitrogens with zero attached hydrogens (tertiary/aromatic N) is 2. The molecule has 2 N–H and O–H groups in total. The van der Waals surface area contributed by atoms with Gasteiger partial charge in [-0.05, 0) is 37.5 Å². The number of hydrogen-bond donors (Lipinski definition) is 2. The van der Waals surface area contributed by atoms with Gasteiger partial charge in [-0.3, -0.25) is 14.3 Å². The maximum absolute atomic E-state index is 12.4. The highest BCUT2D eigenvalue weighted by Crippen LogP contribution is 2.25. The van der Waals surface area contributed by atoms with Crippen molar-refractivity contribution in [1.82, 2.24) is 9.78 Å². The Balaban J connectivity index is 1.66. The topological polar surface area (TPSA) is 76.0 Å². The zero-order valence-corrected chi connectivity index (χ0v) is 14.7. The summed E-state index contributed by atoms with van der Waals surface area (Å²) in [7, 11) is 1.72. The van der Waals surface area contributed by atoms with Crippen molar-refractivity contribution < 1.29 is 9.59 Å². The monoisotopic (exact) mass is 340 g/mol. The number of aryl methyl sites for hydroxylation is 2. The van der Waals surface area contributed by atoms with Crippen LogP contribution in [0.25, 0.3) is 0 Å². The van der Waals surface area contributed by atoms with Crippen LogP contribution >= 0.6 is 0 Å². The van der Waals surface area contributed by atoms with Crippen molar-refractivity contribution in [3.8, 4) is 0 Å². The molecular formula is C19H24N4O2. The van der Waals surface area contributed by atoms with Crippen molar-refractivity contribution in [2.75, 3.05) is 10.6 Å². The third-order valence-electron chi connectivity index (χ3n) is 4.62. The summed E-state index contributed by atoms with van der Waals surface area (Å²) in [5, 5.41) is 9.96. The number of amides is 2. The lowest BCUT2D eigenvalue weighted by Gasteiger charge is -2.20. The van der Waals surface area contributed by atoms with E-state index < -0.39 is 0 Å². The molecule has 1 aromatic heterocycles. The Kier molecular flexibility index (Phi) is 5.16. The molecule has 0 saturated heterocycles. The summed E-state index contributed by atoms with van der Waals surface area (Å²) in [6.45, 7) is 1.97. The number of benzene rings is 1. The van der Waals surface area contributed by atoms with Crippen LogP contribution in [-0.2, 0) is 11.8 Å². The molecule has 2 aromatic rings. The number of rotatable bonds is 4. The van der Waals surface area contributed by atoms with Crippen molar-refractivity contribution in [2.45, 2.75) is 39.0 Å². The number of anilines is 2. The first-order valence-corrected chi connectivity index (χ1v) is 8.76. The first kappa shape index (κ1) is 17.2. The quantitative estimate of drug-likeness (QED) is 0.894. The molecule has 1 aromatic carbocycles. The SMILES string of the molecule is Cc1cccc(NC(=O)c2cc(NC(=O)C3CCCCC3)n(C)n2)c1. The fourth-order valence-corrected chi connectivity index (χ4v) is 3.21. The van der Waals surface area contributed by atoms with Gasteiger partial charge in [-0.1, -0.05) is 31.4 Å². The molecule has 1 aliphatic rings. The number of carbonyl (C=O) groups is 2. The second kappa shape index (κ2) is 7.51. The van der Waals surface area contributed by atoms with Gasteiger partial charge in [-0.25, -0.2) is 0 Å². The van der Waals surface area contributed by atoms with Gasteiger partial charge in [0.25, 0.3) is 5.91 Å². The van der Waals surface area contributed by atoms with Crippen molar-refractivity contribution in [2.24, 2.45) is 13.0 Å². The van der Waals surface area contributed by atoms with Crippen LogP contribution in [-0.4, -0.2) is 21.6 Å².